The number of sulfonamides is 1. The zero-order chi connectivity index (χ0) is 32.3. The Bertz CT molecular complexity index is 1530. The van der Waals surface area contributed by atoms with Crippen LogP contribution in [0.2, 0.25) is 0 Å². The molecular formula is C31H45FN4O6S. The summed E-state index contributed by atoms with van der Waals surface area (Å²) in [5.74, 6) is -0.516. The highest BCUT2D eigenvalue weighted by Gasteiger charge is 2.23. The van der Waals surface area contributed by atoms with Crippen LogP contribution < -0.4 is 15.1 Å². The summed E-state index contributed by atoms with van der Waals surface area (Å²) in [5.41, 5.74) is 0.423. The van der Waals surface area contributed by atoms with Crippen LogP contribution in [0.4, 0.5) is 14.9 Å². The Balaban J connectivity index is 0.00000121. The number of halogens is 1. The van der Waals surface area contributed by atoms with Gasteiger partial charge in [0.15, 0.2) is 5.82 Å². The maximum atomic E-state index is 15.2. The molecule has 1 amide bonds. The molecule has 0 spiro atoms. The van der Waals surface area contributed by atoms with E-state index in [9.17, 15) is 18.0 Å². The van der Waals surface area contributed by atoms with E-state index in [-0.39, 0.29) is 34.6 Å². The Hall–Kier alpha value is -3.48. The monoisotopic (exact) mass is 620 g/mol. The van der Waals surface area contributed by atoms with Gasteiger partial charge in [-0.3, -0.25) is 4.72 Å². The van der Waals surface area contributed by atoms with Crippen molar-refractivity contribution < 1.29 is 26.8 Å². The van der Waals surface area contributed by atoms with Crippen molar-refractivity contribution in [3.63, 3.8) is 0 Å². The van der Waals surface area contributed by atoms with Crippen molar-refractivity contribution >= 4 is 32.8 Å². The van der Waals surface area contributed by atoms with Crippen LogP contribution in [0.25, 0.3) is 11.0 Å². The molecule has 1 N–H and O–H groups in total. The van der Waals surface area contributed by atoms with Crippen LogP contribution in [0.1, 0.15) is 50.8 Å². The van der Waals surface area contributed by atoms with E-state index in [1.165, 1.54) is 30.7 Å². The van der Waals surface area contributed by atoms with Crippen LogP contribution in [0.5, 0.6) is 5.75 Å². The van der Waals surface area contributed by atoms with Gasteiger partial charge >= 0.3 is 11.7 Å². The molecule has 43 heavy (non-hydrogen) atoms. The summed E-state index contributed by atoms with van der Waals surface area (Å²) in [6, 6.07) is 9.18. The minimum Gasteiger partial charge on any atom is -0.422 e. The lowest BCUT2D eigenvalue weighted by atomic mass is 9.97. The molecular weight excluding hydrogens is 575 g/mol. The molecule has 0 atom stereocenters. The first-order valence-electron chi connectivity index (χ1n) is 14.5. The third kappa shape index (κ3) is 10.3. The first-order chi connectivity index (χ1) is 20.3. The summed E-state index contributed by atoms with van der Waals surface area (Å²) < 4.78 is 51.7. The number of carbonyl (C=O) groups is 1. The summed E-state index contributed by atoms with van der Waals surface area (Å²) in [6.45, 7) is 11.2. The van der Waals surface area contributed by atoms with E-state index < -0.39 is 27.6 Å². The van der Waals surface area contributed by atoms with Crippen molar-refractivity contribution in [3.8, 4) is 5.75 Å². The highest BCUT2D eigenvalue weighted by atomic mass is 32.2. The van der Waals surface area contributed by atoms with Gasteiger partial charge in [0.1, 0.15) is 11.3 Å². The number of piperazine rings is 1. The van der Waals surface area contributed by atoms with E-state index in [0.29, 0.717) is 30.6 Å². The summed E-state index contributed by atoms with van der Waals surface area (Å²) in [6.07, 6.45) is 1.61. The number of hydrogen-bond donors (Lipinski definition) is 1. The highest BCUT2D eigenvalue weighted by molar-refractivity contribution is 7.92. The predicted molar refractivity (Wildman–Crippen MR) is 170 cm³/mol. The third-order valence-corrected chi connectivity index (χ3v) is 6.86. The molecule has 1 aromatic heterocycles. The molecule has 1 saturated heterocycles. The van der Waals surface area contributed by atoms with Gasteiger partial charge in [0.2, 0.25) is 10.0 Å². The number of nitrogens with one attached hydrogen (secondary N) is 1. The molecule has 1 aliphatic heterocycles. The second-order valence-corrected chi connectivity index (χ2v) is 12.2. The lowest BCUT2D eigenvalue weighted by molar-refractivity contribution is 0.120. The number of benzene rings is 2. The summed E-state index contributed by atoms with van der Waals surface area (Å²) in [4.78, 5) is 31.4. The number of rotatable bonds is 7. The second-order valence-electron chi connectivity index (χ2n) is 10.4. The predicted octanol–water partition coefficient (Wildman–Crippen LogP) is 5.14. The Labute approximate surface area is 254 Å². The number of anilines is 1. The van der Waals surface area contributed by atoms with Crippen molar-refractivity contribution in [2.75, 3.05) is 58.3 Å². The number of ether oxygens (including phenoxy) is 1. The third-order valence-electron chi connectivity index (χ3n) is 6.27. The Morgan fingerprint density at radius 2 is 1.70 bits per heavy atom. The molecule has 0 saturated carbocycles. The highest BCUT2D eigenvalue weighted by Crippen LogP contribution is 2.28. The number of hydrogen-bond acceptors (Lipinski definition) is 8. The van der Waals surface area contributed by atoms with Gasteiger partial charge in [0.05, 0.1) is 11.9 Å². The standard InChI is InChI=1S/C26H31FN4O6S.C3H8.C2H6/c1-29(2)16-21-19-9-8-18(36-26(33)31-12-10-30(3)11-13-31)15-23(19)37-25(32)20(21)14-17-6-5-7-22(24(17)27)28-38(4,34)35;1-3-2;1-2/h5-9,15,28H,10-14,16H2,1-4H3;3H2,1-2H3;1-2H3. The van der Waals surface area contributed by atoms with E-state index in [1.807, 2.05) is 39.9 Å². The Morgan fingerprint density at radius 3 is 2.28 bits per heavy atom. The maximum absolute atomic E-state index is 15.2. The van der Waals surface area contributed by atoms with E-state index in [4.69, 9.17) is 9.15 Å². The number of fused-ring (bicyclic) bond motifs is 1. The molecule has 1 fully saturated rings. The second kappa shape index (κ2) is 16.4. The molecule has 2 aromatic carbocycles. The molecule has 4 rings (SSSR count). The lowest BCUT2D eigenvalue weighted by Gasteiger charge is -2.31. The van der Waals surface area contributed by atoms with Crippen LogP contribution in [-0.4, -0.2) is 82.8 Å². The first-order valence-corrected chi connectivity index (χ1v) is 16.4. The summed E-state index contributed by atoms with van der Waals surface area (Å²) in [7, 11) is 1.98. The molecule has 1 aliphatic rings. The molecule has 10 nitrogen and oxygen atoms in total. The summed E-state index contributed by atoms with van der Waals surface area (Å²) >= 11 is 0. The zero-order valence-electron chi connectivity index (χ0n) is 26.5. The fourth-order valence-electron chi connectivity index (χ4n) is 4.36. The summed E-state index contributed by atoms with van der Waals surface area (Å²) in [5, 5.41) is 0.624. The molecule has 12 heteroatoms. The van der Waals surface area contributed by atoms with E-state index in [2.05, 4.69) is 23.5 Å². The SMILES string of the molecule is CC.CCC.CN(C)Cc1c(Cc2cccc(NS(C)(=O)=O)c2F)c(=O)oc2cc(OC(=O)N3CCN(C)CC3)ccc12. The lowest BCUT2D eigenvalue weighted by Crippen LogP contribution is -2.48. The zero-order valence-corrected chi connectivity index (χ0v) is 27.3. The van der Waals surface area contributed by atoms with E-state index in [1.54, 1.807) is 17.0 Å². The van der Waals surface area contributed by atoms with Crippen LogP contribution >= 0.6 is 0 Å². The van der Waals surface area contributed by atoms with Gasteiger partial charge in [-0.25, -0.2) is 22.4 Å². The molecule has 0 aliphatic carbocycles. The van der Waals surface area contributed by atoms with Crippen molar-refractivity contribution in [2.24, 2.45) is 0 Å². The molecule has 0 bridgehead atoms. The number of amides is 1. The minimum atomic E-state index is -3.69. The van der Waals surface area contributed by atoms with Gasteiger partial charge in [-0.15, -0.1) is 0 Å². The molecule has 3 aromatic rings. The average Bonchev–Trinajstić information content (AvgIpc) is 2.93. The van der Waals surface area contributed by atoms with Crippen molar-refractivity contribution in [3.05, 3.63) is 69.3 Å². The van der Waals surface area contributed by atoms with Crippen LogP contribution in [0, 0.1) is 5.82 Å². The molecule has 0 radical (unpaired) electrons. The van der Waals surface area contributed by atoms with Crippen molar-refractivity contribution in [1.82, 2.24) is 14.7 Å². The number of nitrogens with zero attached hydrogens (tertiary/aromatic N) is 3. The van der Waals surface area contributed by atoms with Gasteiger partial charge in [-0.2, -0.15) is 0 Å². The van der Waals surface area contributed by atoms with Gasteiger partial charge in [-0.1, -0.05) is 46.2 Å². The smallest absolute Gasteiger partial charge is 0.415 e. The van der Waals surface area contributed by atoms with Gasteiger partial charge in [0.25, 0.3) is 0 Å². The van der Waals surface area contributed by atoms with Crippen molar-refractivity contribution in [1.29, 1.82) is 0 Å². The fraction of sp³-hybridized carbons (Fsp3) is 0.484. The quantitative estimate of drug-likeness (QED) is 0.361. The van der Waals surface area contributed by atoms with Crippen LogP contribution in [-0.2, 0) is 23.0 Å². The molecule has 0 unspecified atom stereocenters. The Morgan fingerprint density at radius 1 is 1.07 bits per heavy atom. The largest absolute Gasteiger partial charge is 0.422 e. The van der Waals surface area contributed by atoms with Crippen LogP contribution in [0.15, 0.2) is 45.6 Å². The fourth-order valence-corrected chi connectivity index (χ4v) is 4.92. The van der Waals surface area contributed by atoms with Gasteiger partial charge in [-0.05, 0) is 50.5 Å². The van der Waals surface area contributed by atoms with E-state index >= 15 is 4.39 Å². The number of likely N-dealkylation sites (N-methyl/N-ethyl adjacent to an activating group) is 1. The number of carbonyl (C=O) groups excluding carboxylic acids is 1. The maximum Gasteiger partial charge on any atom is 0.415 e. The van der Waals surface area contributed by atoms with E-state index in [0.717, 1.165) is 19.3 Å². The topological polar surface area (TPSA) is 112 Å². The van der Waals surface area contributed by atoms with Crippen molar-refractivity contribution in [2.45, 2.75) is 47.1 Å². The Kier molecular flexibility index (Phi) is 13.6. The normalized spacial score (nSPS) is 13.6. The average molecular weight is 621 g/mol. The minimum absolute atomic E-state index is 0.104. The molecule has 238 valence electrons. The van der Waals surface area contributed by atoms with Gasteiger partial charge < -0.3 is 23.9 Å². The van der Waals surface area contributed by atoms with Gasteiger partial charge in [0, 0.05) is 56.2 Å². The first kappa shape index (κ1) is 35.7. The molecule has 2 heterocycles. The van der Waals surface area contributed by atoms with Crippen LogP contribution in [0.3, 0.4) is 0 Å².